The van der Waals surface area contributed by atoms with Crippen LogP contribution in [0.2, 0.25) is 0 Å². The third-order valence-corrected chi connectivity index (χ3v) is 5.19. The van der Waals surface area contributed by atoms with Gasteiger partial charge in [-0.1, -0.05) is 38.0 Å². The first-order valence-electron chi connectivity index (χ1n) is 8.29. The van der Waals surface area contributed by atoms with Crippen LogP contribution in [0.5, 0.6) is 0 Å². The van der Waals surface area contributed by atoms with E-state index in [1.165, 1.54) is 36.9 Å². The van der Waals surface area contributed by atoms with Crippen LogP contribution in [0, 0.1) is 11.8 Å². The Hall–Kier alpha value is -1.02. The summed E-state index contributed by atoms with van der Waals surface area (Å²) in [4.78, 5) is 2.50. The lowest BCUT2D eigenvalue weighted by Crippen LogP contribution is -2.38. The molecule has 2 heteroatoms. The number of para-hydroxylation sites is 1. The van der Waals surface area contributed by atoms with Crippen molar-refractivity contribution in [2.24, 2.45) is 11.8 Å². The Kier molecular flexibility index (Phi) is 4.30. The van der Waals surface area contributed by atoms with Crippen LogP contribution in [0.15, 0.2) is 24.3 Å². The zero-order chi connectivity index (χ0) is 13.9. The molecule has 3 atom stereocenters. The van der Waals surface area contributed by atoms with Crippen molar-refractivity contribution >= 4 is 5.69 Å². The maximum atomic E-state index is 10.3. The monoisotopic (exact) mass is 273 g/mol. The van der Waals surface area contributed by atoms with E-state index in [1.54, 1.807) is 0 Å². The Bertz CT molecular complexity index is 445. The van der Waals surface area contributed by atoms with Crippen molar-refractivity contribution in [2.45, 2.75) is 51.6 Å². The molecule has 1 aliphatic heterocycles. The second kappa shape index (κ2) is 6.17. The molecule has 1 N–H and O–H groups in total. The second-order valence-electron chi connectivity index (χ2n) is 6.62. The number of nitrogens with zero attached hydrogens (tertiary/aromatic N) is 1. The number of anilines is 1. The van der Waals surface area contributed by atoms with Gasteiger partial charge in [0.05, 0.1) is 6.10 Å². The Morgan fingerprint density at radius 3 is 2.95 bits per heavy atom. The summed E-state index contributed by atoms with van der Waals surface area (Å²) in [6.45, 7) is 4.44. The third-order valence-electron chi connectivity index (χ3n) is 5.19. The molecule has 0 bridgehead atoms. The summed E-state index contributed by atoms with van der Waals surface area (Å²) in [6, 6.07) is 8.75. The highest BCUT2D eigenvalue weighted by molar-refractivity contribution is 5.57. The first-order chi connectivity index (χ1) is 9.78. The van der Waals surface area contributed by atoms with E-state index < -0.39 is 0 Å². The van der Waals surface area contributed by atoms with E-state index in [9.17, 15) is 5.11 Å². The highest BCUT2D eigenvalue weighted by Gasteiger charge is 2.31. The van der Waals surface area contributed by atoms with E-state index >= 15 is 0 Å². The Morgan fingerprint density at radius 2 is 2.10 bits per heavy atom. The number of aliphatic hydroxyl groups excluding tert-OH is 1. The van der Waals surface area contributed by atoms with Crippen LogP contribution in [0.3, 0.4) is 0 Å². The molecular weight excluding hydrogens is 246 g/mol. The van der Waals surface area contributed by atoms with E-state index in [4.69, 9.17) is 0 Å². The largest absolute Gasteiger partial charge is 0.393 e. The van der Waals surface area contributed by atoms with Gasteiger partial charge in [-0.05, 0) is 43.2 Å². The molecule has 1 heterocycles. The van der Waals surface area contributed by atoms with Crippen LogP contribution in [-0.2, 0) is 6.42 Å². The van der Waals surface area contributed by atoms with E-state index in [0.29, 0.717) is 5.92 Å². The van der Waals surface area contributed by atoms with E-state index in [1.807, 2.05) is 0 Å². The summed E-state index contributed by atoms with van der Waals surface area (Å²) in [7, 11) is 0. The minimum atomic E-state index is -0.0872. The molecule has 1 aliphatic carbocycles. The number of hydrogen-bond donors (Lipinski definition) is 1. The van der Waals surface area contributed by atoms with Crippen molar-refractivity contribution in [3.8, 4) is 0 Å². The zero-order valence-corrected chi connectivity index (χ0v) is 12.6. The van der Waals surface area contributed by atoms with Gasteiger partial charge < -0.3 is 10.0 Å². The molecule has 0 amide bonds. The molecule has 1 aromatic carbocycles. The van der Waals surface area contributed by atoms with Gasteiger partial charge in [0.2, 0.25) is 0 Å². The maximum Gasteiger partial charge on any atom is 0.0585 e. The van der Waals surface area contributed by atoms with Crippen LogP contribution in [0.25, 0.3) is 0 Å². The molecular formula is C18H27NO. The first-order valence-corrected chi connectivity index (χ1v) is 8.29. The summed E-state index contributed by atoms with van der Waals surface area (Å²) in [5.41, 5.74) is 2.88. The minimum Gasteiger partial charge on any atom is -0.393 e. The predicted octanol–water partition coefficient (Wildman–Crippen LogP) is 3.63. The van der Waals surface area contributed by atoms with Gasteiger partial charge in [0.25, 0.3) is 0 Å². The topological polar surface area (TPSA) is 23.5 Å². The molecule has 3 unspecified atom stereocenters. The van der Waals surface area contributed by atoms with Gasteiger partial charge in [-0.25, -0.2) is 0 Å². The second-order valence-corrected chi connectivity index (χ2v) is 6.62. The smallest absolute Gasteiger partial charge is 0.0585 e. The first kappa shape index (κ1) is 13.9. The van der Waals surface area contributed by atoms with Gasteiger partial charge in [-0.2, -0.15) is 0 Å². The molecule has 20 heavy (non-hydrogen) atoms. The maximum absolute atomic E-state index is 10.3. The summed E-state index contributed by atoms with van der Waals surface area (Å²) in [5, 5.41) is 10.3. The average molecular weight is 273 g/mol. The van der Waals surface area contributed by atoms with Gasteiger partial charge in [0.15, 0.2) is 0 Å². The van der Waals surface area contributed by atoms with Gasteiger partial charge in [-0.3, -0.25) is 0 Å². The van der Waals surface area contributed by atoms with Crippen LogP contribution in [-0.4, -0.2) is 24.3 Å². The van der Waals surface area contributed by atoms with Gasteiger partial charge in [0, 0.05) is 24.7 Å². The quantitative estimate of drug-likeness (QED) is 0.905. The number of fused-ring (bicyclic) bond motifs is 1. The molecule has 2 aliphatic rings. The normalized spacial score (nSPS) is 29.5. The number of hydrogen-bond acceptors (Lipinski definition) is 2. The Labute approximate surface area is 122 Å². The van der Waals surface area contributed by atoms with E-state index in [-0.39, 0.29) is 6.10 Å². The molecule has 1 aromatic rings. The predicted molar refractivity (Wildman–Crippen MR) is 84.1 cm³/mol. The van der Waals surface area contributed by atoms with Crippen LogP contribution < -0.4 is 4.90 Å². The molecule has 0 saturated heterocycles. The SMILES string of the molecule is CCCC1CCC(O)C(CN2CCc3ccccc32)C1. The molecule has 0 aromatic heterocycles. The number of benzene rings is 1. The molecule has 2 nitrogen and oxygen atoms in total. The summed E-state index contributed by atoms with van der Waals surface area (Å²) in [5.74, 6) is 1.30. The fourth-order valence-electron chi connectivity index (χ4n) is 4.09. The van der Waals surface area contributed by atoms with Crippen molar-refractivity contribution < 1.29 is 5.11 Å². The lowest BCUT2D eigenvalue weighted by atomic mass is 9.77. The van der Waals surface area contributed by atoms with Crippen molar-refractivity contribution in [2.75, 3.05) is 18.0 Å². The Balaban J connectivity index is 1.65. The van der Waals surface area contributed by atoms with Gasteiger partial charge in [-0.15, -0.1) is 0 Å². The lowest BCUT2D eigenvalue weighted by Gasteiger charge is -2.36. The third kappa shape index (κ3) is 2.85. The molecule has 0 radical (unpaired) electrons. The van der Waals surface area contributed by atoms with Crippen LogP contribution in [0.4, 0.5) is 5.69 Å². The van der Waals surface area contributed by atoms with Crippen molar-refractivity contribution in [1.82, 2.24) is 0 Å². The van der Waals surface area contributed by atoms with Gasteiger partial charge >= 0.3 is 0 Å². The van der Waals surface area contributed by atoms with Crippen LogP contribution in [0.1, 0.15) is 44.6 Å². The van der Waals surface area contributed by atoms with Crippen LogP contribution >= 0.6 is 0 Å². The van der Waals surface area contributed by atoms with Crippen molar-refractivity contribution in [3.63, 3.8) is 0 Å². The molecule has 3 rings (SSSR count). The minimum absolute atomic E-state index is 0.0872. The summed E-state index contributed by atoms with van der Waals surface area (Å²) in [6.07, 6.45) is 7.13. The molecule has 1 saturated carbocycles. The van der Waals surface area contributed by atoms with Crippen molar-refractivity contribution in [3.05, 3.63) is 29.8 Å². The number of aliphatic hydroxyl groups is 1. The van der Waals surface area contributed by atoms with E-state index in [2.05, 4.69) is 36.1 Å². The highest BCUT2D eigenvalue weighted by Crippen LogP contribution is 2.35. The summed E-state index contributed by atoms with van der Waals surface area (Å²) < 4.78 is 0. The average Bonchev–Trinajstić information content (AvgIpc) is 2.86. The molecule has 1 fully saturated rings. The molecule has 0 spiro atoms. The van der Waals surface area contributed by atoms with Crippen molar-refractivity contribution in [1.29, 1.82) is 0 Å². The van der Waals surface area contributed by atoms with E-state index in [0.717, 1.165) is 31.8 Å². The fraction of sp³-hybridized carbons (Fsp3) is 0.667. The lowest BCUT2D eigenvalue weighted by molar-refractivity contribution is 0.0496. The fourth-order valence-corrected chi connectivity index (χ4v) is 4.09. The zero-order valence-electron chi connectivity index (χ0n) is 12.6. The number of rotatable bonds is 4. The standard InChI is InChI=1S/C18H27NO/c1-2-5-14-8-9-18(20)16(12-14)13-19-11-10-15-6-3-4-7-17(15)19/h3-4,6-7,14,16,18,20H,2,5,8-13H2,1H3. The van der Waals surface area contributed by atoms with Gasteiger partial charge in [0.1, 0.15) is 0 Å². The molecule has 110 valence electrons. The highest BCUT2D eigenvalue weighted by atomic mass is 16.3. The Morgan fingerprint density at radius 1 is 1.25 bits per heavy atom. The summed E-state index contributed by atoms with van der Waals surface area (Å²) >= 11 is 0.